The molecule has 39 heavy (non-hydrogen) atoms. The van der Waals surface area contributed by atoms with E-state index in [0.717, 1.165) is 42.3 Å². The quantitative estimate of drug-likeness (QED) is 0.273. The first-order chi connectivity index (χ1) is 18.8. The van der Waals surface area contributed by atoms with Gasteiger partial charge in [0.2, 0.25) is 0 Å². The summed E-state index contributed by atoms with van der Waals surface area (Å²) in [6, 6.07) is 13.6. The highest BCUT2D eigenvalue weighted by molar-refractivity contribution is 5.77. The maximum absolute atomic E-state index is 11.5. The van der Waals surface area contributed by atoms with Gasteiger partial charge in [0, 0.05) is 6.54 Å². The monoisotopic (exact) mass is 531 g/mol. The summed E-state index contributed by atoms with van der Waals surface area (Å²) < 4.78 is 17.9. The maximum Gasteiger partial charge on any atom is 0.309 e. The summed E-state index contributed by atoms with van der Waals surface area (Å²) in [5.41, 5.74) is 1.24. The van der Waals surface area contributed by atoms with Gasteiger partial charge in [0.25, 0.3) is 0 Å². The van der Waals surface area contributed by atoms with E-state index in [-0.39, 0.29) is 6.10 Å². The molecule has 1 aliphatic rings. The summed E-state index contributed by atoms with van der Waals surface area (Å²) in [6.07, 6.45) is 5.65. The van der Waals surface area contributed by atoms with E-state index in [0.29, 0.717) is 42.5 Å². The van der Waals surface area contributed by atoms with Crippen molar-refractivity contribution in [1.29, 1.82) is 0 Å². The minimum absolute atomic E-state index is 0.00360. The van der Waals surface area contributed by atoms with Crippen LogP contribution in [0.4, 0.5) is 17.7 Å². The van der Waals surface area contributed by atoms with E-state index in [1.807, 2.05) is 43.3 Å². The normalized spacial score (nSPS) is 15.8. The largest absolute Gasteiger partial charge is 0.490 e. The zero-order valence-electron chi connectivity index (χ0n) is 22.4. The number of carboxylic acid groups (broad SMARTS) is 1. The highest BCUT2D eigenvalue weighted by atomic mass is 16.5. The van der Waals surface area contributed by atoms with E-state index in [2.05, 4.69) is 20.2 Å². The number of anilines is 3. The number of hydrogen-bond donors (Lipinski definition) is 2. The predicted octanol–water partition coefficient (Wildman–Crippen LogP) is 5.46. The van der Waals surface area contributed by atoms with Crippen LogP contribution in [0.3, 0.4) is 0 Å². The summed E-state index contributed by atoms with van der Waals surface area (Å²) >= 11 is 0. The fourth-order valence-electron chi connectivity index (χ4n) is 4.64. The topological polar surface area (TPSA) is 123 Å². The second-order valence-electron chi connectivity index (χ2n) is 10.3. The summed E-state index contributed by atoms with van der Waals surface area (Å²) in [5.74, 6) is 1.90. The number of para-hydroxylation sites is 2. The highest BCUT2D eigenvalue weighted by Gasteiger charge is 2.28. The van der Waals surface area contributed by atoms with Crippen LogP contribution in [0.15, 0.2) is 59.3 Å². The second-order valence-corrected chi connectivity index (χ2v) is 10.3. The Bertz CT molecular complexity index is 1450. The first kappa shape index (κ1) is 26.3. The van der Waals surface area contributed by atoms with Gasteiger partial charge in [0.1, 0.15) is 17.4 Å². The second kappa shape index (κ2) is 11.2. The standard InChI is InChI=1S/C29H33N5O5/c1-4-37-23-9-5-6-10-24(23)38-20-8-7-13-34(18-20)26-17-30-16-25(32-26)33-28-31-21-14-19(11-12-22(21)39-28)15-29(2,3)27(35)36/h5-6,9-12,14,16-17,20H,4,7-8,13,15,18H2,1-3H3,(H,35,36)(H,31,32,33). The van der Waals surface area contributed by atoms with Crippen LogP contribution in [0.2, 0.25) is 0 Å². The molecule has 2 N–H and O–H groups in total. The van der Waals surface area contributed by atoms with Crippen molar-refractivity contribution in [3.05, 3.63) is 60.4 Å². The van der Waals surface area contributed by atoms with Crippen molar-refractivity contribution >= 4 is 34.7 Å². The summed E-state index contributed by atoms with van der Waals surface area (Å²) in [4.78, 5) is 27.3. The van der Waals surface area contributed by atoms with E-state index in [4.69, 9.17) is 18.9 Å². The van der Waals surface area contributed by atoms with Crippen LogP contribution in [0.5, 0.6) is 11.5 Å². The number of rotatable bonds is 10. The molecule has 204 valence electrons. The van der Waals surface area contributed by atoms with Gasteiger partial charge in [-0.2, -0.15) is 4.98 Å². The molecule has 0 aliphatic carbocycles. The van der Waals surface area contributed by atoms with E-state index in [1.165, 1.54) is 0 Å². The Kier molecular flexibility index (Phi) is 7.53. The Morgan fingerprint density at radius 3 is 2.79 bits per heavy atom. The van der Waals surface area contributed by atoms with E-state index in [9.17, 15) is 9.90 Å². The van der Waals surface area contributed by atoms with Gasteiger partial charge in [0.05, 0.1) is 31.0 Å². The molecule has 0 bridgehead atoms. The van der Waals surface area contributed by atoms with Crippen molar-refractivity contribution in [1.82, 2.24) is 15.0 Å². The average Bonchev–Trinajstić information content (AvgIpc) is 3.31. The molecule has 4 aromatic rings. The van der Waals surface area contributed by atoms with Crippen molar-refractivity contribution < 1.29 is 23.8 Å². The summed E-state index contributed by atoms with van der Waals surface area (Å²) in [5, 5.41) is 12.6. The Labute approximate surface area is 227 Å². The van der Waals surface area contributed by atoms with Crippen molar-refractivity contribution in [2.24, 2.45) is 5.41 Å². The van der Waals surface area contributed by atoms with Gasteiger partial charge in [-0.3, -0.25) is 15.1 Å². The van der Waals surface area contributed by atoms with Crippen molar-refractivity contribution in [3.8, 4) is 11.5 Å². The predicted molar refractivity (Wildman–Crippen MR) is 148 cm³/mol. The van der Waals surface area contributed by atoms with Crippen molar-refractivity contribution in [3.63, 3.8) is 0 Å². The molecule has 0 radical (unpaired) electrons. The van der Waals surface area contributed by atoms with Crippen LogP contribution in [0, 0.1) is 5.41 Å². The van der Waals surface area contributed by atoms with Gasteiger partial charge in [-0.15, -0.1) is 0 Å². The molecule has 0 saturated carbocycles. The molecule has 1 fully saturated rings. The van der Waals surface area contributed by atoms with Gasteiger partial charge in [-0.25, -0.2) is 4.98 Å². The van der Waals surface area contributed by atoms with E-state index < -0.39 is 11.4 Å². The molecule has 1 aliphatic heterocycles. The van der Waals surface area contributed by atoms with Gasteiger partial charge in [-0.05, 0) is 69.9 Å². The minimum atomic E-state index is -0.875. The Morgan fingerprint density at radius 2 is 2.00 bits per heavy atom. The average molecular weight is 532 g/mol. The molecule has 2 aromatic heterocycles. The van der Waals surface area contributed by atoms with Crippen LogP contribution >= 0.6 is 0 Å². The number of piperidine rings is 1. The summed E-state index contributed by atoms with van der Waals surface area (Å²) in [7, 11) is 0. The first-order valence-corrected chi connectivity index (χ1v) is 13.2. The fourth-order valence-corrected chi connectivity index (χ4v) is 4.64. The third-order valence-corrected chi connectivity index (χ3v) is 6.68. The molecule has 0 amide bonds. The van der Waals surface area contributed by atoms with Gasteiger partial charge in [-0.1, -0.05) is 18.2 Å². The van der Waals surface area contributed by atoms with Crippen LogP contribution in [0.25, 0.3) is 11.1 Å². The molecule has 3 heterocycles. The Morgan fingerprint density at radius 1 is 1.18 bits per heavy atom. The van der Waals surface area contributed by atoms with Crippen LogP contribution in [-0.4, -0.2) is 51.8 Å². The lowest BCUT2D eigenvalue weighted by Crippen LogP contribution is -2.41. The van der Waals surface area contributed by atoms with Crippen LogP contribution in [0.1, 0.15) is 39.2 Å². The highest BCUT2D eigenvalue weighted by Crippen LogP contribution is 2.31. The van der Waals surface area contributed by atoms with Crippen molar-refractivity contribution in [2.75, 3.05) is 29.9 Å². The molecule has 10 heteroatoms. The number of nitrogens with zero attached hydrogens (tertiary/aromatic N) is 4. The minimum Gasteiger partial charge on any atom is -0.490 e. The van der Waals surface area contributed by atoms with Gasteiger partial charge in [0.15, 0.2) is 22.9 Å². The molecular formula is C29H33N5O5. The molecular weight excluding hydrogens is 498 g/mol. The molecule has 1 atom stereocenters. The molecule has 2 aromatic carbocycles. The lowest BCUT2D eigenvalue weighted by molar-refractivity contribution is -0.146. The third-order valence-electron chi connectivity index (χ3n) is 6.68. The third kappa shape index (κ3) is 6.22. The van der Waals surface area contributed by atoms with Gasteiger partial charge >= 0.3 is 12.0 Å². The zero-order chi connectivity index (χ0) is 27.4. The number of carbonyl (C=O) groups is 1. The van der Waals surface area contributed by atoms with Crippen LogP contribution in [-0.2, 0) is 11.2 Å². The van der Waals surface area contributed by atoms with E-state index >= 15 is 0 Å². The Hall–Kier alpha value is -4.34. The first-order valence-electron chi connectivity index (χ1n) is 13.2. The van der Waals surface area contributed by atoms with E-state index in [1.54, 1.807) is 32.3 Å². The smallest absolute Gasteiger partial charge is 0.309 e. The number of fused-ring (bicyclic) bond motifs is 1. The molecule has 1 saturated heterocycles. The molecule has 10 nitrogen and oxygen atoms in total. The Balaban J connectivity index is 1.27. The number of ether oxygens (including phenoxy) is 2. The molecule has 5 rings (SSSR count). The SMILES string of the molecule is CCOc1ccccc1OC1CCCN(c2cncc(Nc3nc4cc(CC(C)(C)C(=O)O)ccc4o3)n2)C1. The molecule has 0 spiro atoms. The number of nitrogens with one attached hydrogen (secondary N) is 1. The number of aliphatic carboxylic acids is 1. The fraction of sp³-hybridized carbons (Fsp3) is 0.379. The number of oxazole rings is 1. The number of benzene rings is 2. The maximum atomic E-state index is 11.5. The lowest BCUT2D eigenvalue weighted by atomic mass is 9.86. The number of carboxylic acids is 1. The zero-order valence-corrected chi connectivity index (χ0v) is 22.4. The van der Waals surface area contributed by atoms with Crippen LogP contribution < -0.4 is 19.7 Å². The summed E-state index contributed by atoms with van der Waals surface area (Å²) in [6.45, 7) is 7.48. The number of hydrogen-bond acceptors (Lipinski definition) is 9. The van der Waals surface area contributed by atoms with Gasteiger partial charge < -0.3 is 23.9 Å². The lowest BCUT2D eigenvalue weighted by Gasteiger charge is -2.33. The molecule has 1 unspecified atom stereocenters. The number of aromatic nitrogens is 3. The van der Waals surface area contributed by atoms with Crippen molar-refractivity contribution in [2.45, 2.75) is 46.1 Å².